The van der Waals surface area contributed by atoms with Crippen molar-refractivity contribution in [2.45, 2.75) is 38.0 Å². The molecule has 0 amide bonds. The number of hydrogen-bond donors (Lipinski definition) is 1. The van der Waals surface area contributed by atoms with Crippen LogP contribution in [0.4, 0.5) is 5.69 Å². The number of benzene rings is 2. The number of anilines is 1. The van der Waals surface area contributed by atoms with Crippen LogP contribution in [0.5, 0.6) is 0 Å². The molecule has 2 rings (SSSR count). The predicted octanol–water partition coefficient (Wildman–Crippen LogP) is 3.74. The van der Waals surface area contributed by atoms with Crippen LogP contribution >= 0.6 is 0 Å². The van der Waals surface area contributed by atoms with Crippen LogP contribution in [0.15, 0.2) is 53.4 Å². The van der Waals surface area contributed by atoms with Crippen LogP contribution in [0.2, 0.25) is 0 Å². The Balaban J connectivity index is 2.24. The minimum atomic E-state index is -3.79. The molecule has 0 spiro atoms. The third kappa shape index (κ3) is 5.00. The second kappa shape index (κ2) is 8.07. The molecule has 6 heteroatoms. The van der Waals surface area contributed by atoms with Crippen molar-refractivity contribution >= 4 is 27.3 Å². The lowest BCUT2D eigenvalue weighted by molar-refractivity contribution is -0.118. The Labute approximate surface area is 148 Å². The van der Waals surface area contributed by atoms with E-state index in [1.807, 2.05) is 6.92 Å². The van der Waals surface area contributed by atoms with Crippen LogP contribution in [-0.2, 0) is 14.8 Å². The molecule has 0 bridgehead atoms. The first-order chi connectivity index (χ1) is 11.8. The Kier molecular flexibility index (Phi) is 6.09. The Bertz CT molecular complexity index is 871. The number of sulfonamides is 1. The van der Waals surface area contributed by atoms with Gasteiger partial charge in [-0.2, -0.15) is 0 Å². The summed E-state index contributed by atoms with van der Waals surface area (Å²) in [6.07, 6.45) is 0.610. The van der Waals surface area contributed by atoms with Crippen molar-refractivity contribution in [2.75, 3.05) is 4.72 Å². The molecule has 25 heavy (non-hydrogen) atoms. The van der Waals surface area contributed by atoms with Crippen molar-refractivity contribution < 1.29 is 18.0 Å². The summed E-state index contributed by atoms with van der Waals surface area (Å²) in [5.41, 5.74) is 1.44. The van der Waals surface area contributed by atoms with Crippen molar-refractivity contribution in [3.8, 4) is 0 Å². The number of hydrogen-bond acceptors (Lipinski definition) is 4. The highest BCUT2D eigenvalue weighted by Crippen LogP contribution is 2.22. The number of rotatable bonds is 8. The van der Waals surface area contributed by atoms with Gasteiger partial charge in [0, 0.05) is 24.8 Å². The molecule has 0 aliphatic rings. The molecule has 2 aromatic rings. The van der Waals surface area contributed by atoms with Crippen LogP contribution in [0.1, 0.15) is 42.1 Å². The standard InChI is InChI=1S/C19H21NO4S/c1-3-15(21)10-13-19(22)17-6-4-5-7-18(17)20-25(23,24)16-11-8-14(2)9-12-16/h4-9,11-12,20H,3,10,13H2,1-2H3. The van der Waals surface area contributed by atoms with E-state index in [-0.39, 0.29) is 40.6 Å². The zero-order valence-corrected chi connectivity index (χ0v) is 15.1. The smallest absolute Gasteiger partial charge is 0.261 e. The molecule has 0 saturated carbocycles. The van der Waals surface area contributed by atoms with Gasteiger partial charge in [-0.1, -0.05) is 36.8 Å². The highest BCUT2D eigenvalue weighted by atomic mass is 32.2. The molecule has 0 fully saturated rings. The van der Waals surface area contributed by atoms with E-state index in [0.717, 1.165) is 5.56 Å². The minimum Gasteiger partial charge on any atom is -0.300 e. The van der Waals surface area contributed by atoms with E-state index >= 15 is 0 Å². The van der Waals surface area contributed by atoms with Crippen LogP contribution in [-0.4, -0.2) is 20.0 Å². The monoisotopic (exact) mass is 359 g/mol. The van der Waals surface area contributed by atoms with Crippen LogP contribution in [0.3, 0.4) is 0 Å². The Morgan fingerprint density at radius 3 is 2.24 bits per heavy atom. The first kappa shape index (κ1) is 18.9. The zero-order chi connectivity index (χ0) is 18.4. The van der Waals surface area contributed by atoms with Gasteiger partial charge in [-0.05, 0) is 31.2 Å². The summed E-state index contributed by atoms with van der Waals surface area (Å²) in [4.78, 5) is 23.9. The fourth-order valence-corrected chi connectivity index (χ4v) is 3.38. The topological polar surface area (TPSA) is 80.3 Å². The summed E-state index contributed by atoms with van der Waals surface area (Å²) in [5.74, 6) is -0.255. The van der Waals surface area contributed by atoms with Gasteiger partial charge >= 0.3 is 0 Å². The quantitative estimate of drug-likeness (QED) is 0.728. The number of para-hydroxylation sites is 1. The fraction of sp³-hybridized carbons (Fsp3) is 0.263. The summed E-state index contributed by atoms with van der Waals surface area (Å²) in [7, 11) is -3.79. The zero-order valence-electron chi connectivity index (χ0n) is 14.3. The second-order valence-electron chi connectivity index (χ2n) is 5.78. The van der Waals surface area contributed by atoms with E-state index < -0.39 is 10.0 Å². The van der Waals surface area contributed by atoms with Gasteiger partial charge in [0.15, 0.2) is 5.78 Å². The highest BCUT2D eigenvalue weighted by molar-refractivity contribution is 7.92. The number of ketones is 2. The molecular formula is C19H21NO4S. The molecule has 132 valence electrons. The van der Waals surface area contributed by atoms with Gasteiger partial charge in [-0.15, -0.1) is 0 Å². The molecular weight excluding hydrogens is 338 g/mol. The van der Waals surface area contributed by atoms with Gasteiger partial charge in [-0.25, -0.2) is 8.42 Å². The van der Waals surface area contributed by atoms with Crippen LogP contribution in [0, 0.1) is 6.92 Å². The Morgan fingerprint density at radius 1 is 0.960 bits per heavy atom. The largest absolute Gasteiger partial charge is 0.300 e. The predicted molar refractivity (Wildman–Crippen MR) is 97.3 cm³/mol. The van der Waals surface area contributed by atoms with E-state index in [0.29, 0.717) is 6.42 Å². The molecule has 0 aliphatic heterocycles. The maximum Gasteiger partial charge on any atom is 0.261 e. The van der Waals surface area contributed by atoms with Gasteiger partial charge in [0.05, 0.1) is 10.6 Å². The first-order valence-electron chi connectivity index (χ1n) is 8.07. The molecule has 0 aromatic heterocycles. The lowest BCUT2D eigenvalue weighted by atomic mass is 10.0. The van der Waals surface area contributed by atoms with Gasteiger partial charge in [0.2, 0.25) is 0 Å². The maximum absolute atomic E-state index is 12.5. The lowest BCUT2D eigenvalue weighted by Gasteiger charge is -2.12. The summed E-state index contributed by atoms with van der Waals surface area (Å²) in [6, 6.07) is 12.9. The molecule has 0 saturated heterocycles. The van der Waals surface area contributed by atoms with Gasteiger partial charge in [0.1, 0.15) is 5.78 Å². The highest BCUT2D eigenvalue weighted by Gasteiger charge is 2.18. The SMILES string of the molecule is CCC(=O)CCC(=O)c1ccccc1NS(=O)(=O)c1ccc(C)cc1. The maximum atomic E-state index is 12.5. The van der Waals surface area contributed by atoms with E-state index in [2.05, 4.69) is 4.72 Å². The third-order valence-electron chi connectivity index (χ3n) is 3.83. The summed E-state index contributed by atoms with van der Waals surface area (Å²) in [6.45, 7) is 3.62. The number of aryl methyl sites for hydroxylation is 1. The van der Waals surface area contributed by atoms with Crippen molar-refractivity contribution in [1.29, 1.82) is 0 Å². The van der Waals surface area contributed by atoms with Crippen molar-refractivity contribution in [1.82, 2.24) is 0 Å². The van der Waals surface area contributed by atoms with E-state index in [1.54, 1.807) is 43.3 Å². The molecule has 0 atom stereocenters. The Morgan fingerprint density at radius 2 is 1.60 bits per heavy atom. The van der Waals surface area contributed by atoms with E-state index in [1.165, 1.54) is 12.1 Å². The molecule has 0 aliphatic carbocycles. The average Bonchev–Trinajstić information content (AvgIpc) is 2.59. The first-order valence-corrected chi connectivity index (χ1v) is 9.55. The number of nitrogens with one attached hydrogen (secondary N) is 1. The summed E-state index contributed by atoms with van der Waals surface area (Å²) < 4.78 is 27.5. The molecule has 0 heterocycles. The average molecular weight is 359 g/mol. The van der Waals surface area contributed by atoms with Crippen LogP contribution in [0.25, 0.3) is 0 Å². The normalized spacial score (nSPS) is 11.1. The second-order valence-corrected chi connectivity index (χ2v) is 7.46. The minimum absolute atomic E-state index is 0.00562. The molecule has 1 N–H and O–H groups in total. The van der Waals surface area contributed by atoms with Crippen molar-refractivity contribution in [3.63, 3.8) is 0 Å². The molecule has 2 aromatic carbocycles. The molecule has 0 unspecified atom stereocenters. The van der Waals surface area contributed by atoms with E-state index in [4.69, 9.17) is 0 Å². The van der Waals surface area contributed by atoms with Crippen LogP contribution < -0.4 is 4.72 Å². The van der Waals surface area contributed by atoms with Gasteiger partial charge in [0.25, 0.3) is 10.0 Å². The van der Waals surface area contributed by atoms with Gasteiger partial charge < -0.3 is 0 Å². The third-order valence-corrected chi connectivity index (χ3v) is 5.21. The van der Waals surface area contributed by atoms with Crippen molar-refractivity contribution in [3.05, 3.63) is 59.7 Å². The fourth-order valence-electron chi connectivity index (χ4n) is 2.30. The lowest BCUT2D eigenvalue weighted by Crippen LogP contribution is -2.16. The number of carbonyl (C=O) groups is 2. The van der Waals surface area contributed by atoms with E-state index in [9.17, 15) is 18.0 Å². The van der Waals surface area contributed by atoms with Gasteiger partial charge in [-0.3, -0.25) is 14.3 Å². The summed E-state index contributed by atoms with van der Waals surface area (Å²) >= 11 is 0. The molecule has 5 nitrogen and oxygen atoms in total. The number of carbonyl (C=O) groups excluding carboxylic acids is 2. The van der Waals surface area contributed by atoms with Crippen molar-refractivity contribution in [2.24, 2.45) is 0 Å². The summed E-state index contributed by atoms with van der Waals surface area (Å²) in [5, 5.41) is 0. The molecule has 0 radical (unpaired) electrons. The Hall–Kier alpha value is -2.47. The number of Topliss-reactive ketones (excluding diaryl/α,β-unsaturated/α-hetero) is 2.